The Labute approximate surface area is 148 Å². The molecule has 0 radical (unpaired) electrons. The van der Waals surface area contributed by atoms with Crippen molar-refractivity contribution in [2.75, 3.05) is 7.11 Å². The highest BCUT2D eigenvalue weighted by Gasteiger charge is 2.34. The fraction of sp³-hybridized carbons (Fsp3) is 0.375. The first-order chi connectivity index (χ1) is 12.1. The lowest BCUT2D eigenvalue weighted by molar-refractivity contribution is -0.386. The molecule has 0 saturated carbocycles. The molecule has 10 heteroatoms. The van der Waals surface area contributed by atoms with Crippen molar-refractivity contribution in [3.63, 3.8) is 0 Å². The second-order valence-corrected chi connectivity index (χ2v) is 5.87. The highest BCUT2D eigenvalue weighted by atomic mass is 16.6. The van der Waals surface area contributed by atoms with Crippen molar-refractivity contribution in [2.45, 2.75) is 32.9 Å². The molecule has 3 N–H and O–H groups in total. The number of benzene rings is 1. The lowest BCUT2D eigenvalue weighted by Crippen LogP contribution is -2.45. The summed E-state index contributed by atoms with van der Waals surface area (Å²) in [5.41, 5.74) is -0.0583. The zero-order valence-corrected chi connectivity index (χ0v) is 14.7. The molecule has 2 rings (SSSR count). The van der Waals surface area contributed by atoms with Crippen LogP contribution in [0.2, 0.25) is 0 Å². The van der Waals surface area contributed by atoms with Gasteiger partial charge in [-0.1, -0.05) is 0 Å². The number of aromatic hydroxyl groups is 1. The number of phenolic OH excluding ortho intramolecular Hbond substituents is 1. The molecule has 26 heavy (non-hydrogen) atoms. The molecule has 0 aliphatic carbocycles. The van der Waals surface area contributed by atoms with Crippen molar-refractivity contribution in [1.29, 1.82) is 0 Å². The van der Waals surface area contributed by atoms with Crippen molar-refractivity contribution >= 4 is 17.7 Å². The van der Waals surface area contributed by atoms with Crippen LogP contribution < -0.4 is 15.4 Å². The third-order valence-corrected chi connectivity index (χ3v) is 3.66. The molecule has 0 spiro atoms. The Kier molecular flexibility index (Phi) is 5.34. The quantitative estimate of drug-likeness (QED) is 0.411. The van der Waals surface area contributed by atoms with Gasteiger partial charge in [-0.15, -0.1) is 0 Å². The number of carbonyl (C=O) groups is 2. The summed E-state index contributed by atoms with van der Waals surface area (Å²) in [7, 11) is 1.23. The summed E-state index contributed by atoms with van der Waals surface area (Å²) in [6.07, 6.45) is -0.398. The van der Waals surface area contributed by atoms with Crippen LogP contribution in [0.25, 0.3) is 0 Å². The number of urea groups is 1. The van der Waals surface area contributed by atoms with Crippen molar-refractivity contribution in [2.24, 2.45) is 0 Å². The maximum atomic E-state index is 12.5. The molecular formula is C16H19N3O7. The lowest BCUT2D eigenvalue weighted by atomic mass is 9.94. The minimum atomic E-state index is -1.01. The standard InChI is InChI=1S/C16H19N3O7/c1-7(2)26-15(21)12-8(3)17-16(22)18-13(12)9-5-10(19(23)24)14(20)11(6-9)25-4/h5-7,13,20H,1-4H3,(H2,17,18,22). The van der Waals surface area contributed by atoms with E-state index in [2.05, 4.69) is 10.6 Å². The first kappa shape index (κ1) is 19.0. The topological polar surface area (TPSA) is 140 Å². The number of nitrogens with one attached hydrogen (secondary N) is 2. The third kappa shape index (κ3) is 3.68. The van der Waals surface area contributed by atoms with Crippen LogP contribution in [0, 0.1) is 10.1 Å². The number of esters is 1. The Morgan fingerprint density at radius 1 is 1.38 bits per heavy atom. The van der Waals surface area contributed by atoms with E-state index in [4.69, 9.17) is 9.47 Å². The summed E-state index contributed by atoms with van der Waals surface area (Å²) >= 11 is 0. The van der Waals surface area contributed by atoms with Crippen molar-refractivity contribution in [3.05, 3.63) is 39.1 Å². The second-order valence-electron chi connectivity index (χ2n) is 5.87. The van der Waals surface area contributed by atoms with E-state index in [9.17, 15) is 24.8 Å². The molecule has 1 aliphatic rings. The highest BCUT2D eigenvalue weighted by molar-refractivity contribution is 5.95. The molecule has 0 bridgehead atoms. The van der Waals surface area contributed by atoms with Gasteiger partial charge in [0.2, 0.25) is 5.75 Å². The number of nitro benzene ring substituents is 1. The molecule has 10 nitrogen and oxygen atoms in total. The number of phenols is 1. The summed E-state index contributed by atoms with van der Waals surface area (Å²) in [4.78, 5) is 34.7. The molecule has 0 saturated heterocycles. The van der Waals surface area contributed by atoms with Crippen LogP contribution in [0.1, 0.15) is 32.4 Å². The number of ether oxygens (including phenoxy) is 2. The molecule has 1 heterocycles. The van der Waals surface area contributed by atoms with E-state index in [1.54, 1.807) is 13.8 Å². The normalized spacial score (nSPS) is 16.8. The van der Waals surface area contributed by atoms with Crippen molar-refractivity contribution in [3.8, 4) is 11.5 Å². The van der Waals surface area contributed by atoms with Gasteiger partial charge in [-0.05, 0) is 32.4 Å². The van der Waals surface area contributed by atoms with Crippen molar-refractivity contribution < 1.29 is 29.1 Å². The van der Waals surface area contributed by atoms with Gasteiger partial charge in [-0.2, -0.15) is 0 Å². The summed E-state index contributed by atoms with van der Waals surface area (Å²) in [6, 6.07) is 0.796. The number of nitro groups is 1. The number of allylic oxidation sites excluding steroid dienone is 1. The molecule has 0 aromatic heterocycles. The van der Waals surface area contributed by atoms with Gasteiger partial charge < -0.3 is 25.2 Å². The van der Waals surface area contributed by atoms with E-state index >= 15 is 0 Å². The summed E-state index contributed by atoms with van der Waals surface area (Å²) in [5.74, 6) is -1.48. The van der Waals surface area contributed by atoms with Gasteiger partial charge >= 0.3 is 17.7 Å². The van der Waals surface area contributed by atoms with E-state index in [-0.39, 0.29) is 22.6 Å². The largest absolute Gasteiger partial charge is 0.500 e. The first-order valence-electron chi connectivity index (χ1n) is 7.70. The minimum Gasteiger partial charge on any atom is -0.500 e. The number of hydrogen-bond acceptors (Lipinski definition) is 7. The van der Waals surface area contributed by atoms with Crippen LogP contribution in [-0.2, 0) is 9.53 Å². The molecule has 0 fully saturated rings. The van der Waals surface area contributed by atoms with Crippen LogP contribution >= 0.6 is 0 Å². The Bertz CT molecular complexity index is 801. The monoisotopic (exact) mass is 365 g/mol. The predicted molar refractivity (Wildman–Crippen MR) is 89.6 cm³/mol. The van der Waals surface area contributed by atoms with Gasteiger partial charge in [-0.3, -0.25) is 10.1 Å². The minimum absolute atomic E-state index is 0.0975. The van der Waals surface area contributed by atoms with Gasteiger partial charge in [-0.25, -0.2) is 9.59 Å². The molecule has 1 atom stereocenters. The van der Waals surface area contributed by atoms with Gasteiger partial charge in [0.15, 0.2) is 5.75 Å². The fourth-order valence-corrected chi connectivity index (χ4v) is 2.57. The summed E-state index contributed by atoms with van der Waals surface area (Å²) < 4.78 is 10.2. The van der Waals surface area contributed by atoms with Gasteiger partial charge in [0.05, 0.1) is 29.8 Å². The van der Waals surface area contributed by atoms with Gasteiger partial charge in [0.25, 0.3) is 0 Å². The van der Waals surface area contributed by atoms with Crippen LogP contribution in [0.3, 0.4) is 0 Å². The zero-order chi connectivity index (χ0) is 19.6. The molecule has 2 amide bonds. The Balaban J connectivity index is 2.61. The van der Waals surface area contributed by atoms with E-state index in [0.717, 1.165) is 6.07 Å². The number of hydrogen-bond donors (Lipinski definition) is 3. The van der Waals surface area contributed by atoms with Crippen LogP contribution in [-0.4, -0.2) is 35.2 Å². The number of carbonyl (C=O) groups excluding carboxylic acids is 2. The van der Waals surface area contributed by atoms with E-state index in [0.29, 0.717) is 0 Å². The number of amides is 2. The average Bonchev–Trinajstić information content (AvgIpc) is 2.53. The summed E-state index contributed by atoms with van der Waals surface area (Å²) in [6.45, 7) is 4.87. The lowest BCUT2D eigenvalue weighted by Gasteiger charge is -2.28. The van der Waals surface area contributed by atoms with E-state index in [1.807, 2.05) is 0 Å². The fourth-order valence-electron chi connectivity index (χ4n) is 2.57. The molecular weight excluding hydrogens is 346 g/mol. The third-order valence-electron chi connectivity index (χ3n) is 3.66. The predicted octanol–water partition coefficient (Wildman–Crippen LogP) is 1.89. The van der Waals surface area contributed by atoms with Crippen LogP contribution in [0.4, 0.5) is 10.5 Å². The highest BCUT2D eigenvalue weighted by Crippen LogP contribution is 2.40. The van der Waals surface area contributed by atoms with E-state index in [1.165, 1.54) is 20.1 Å². The van der Waals surface area contributed by atoms with Crippen LogP contribution in [0.15, 0.2) is 23.4 Å². The maximum absolute atomic E-state index is 12.5. The molecule has 1 aromatic carbocycles. The second kappa shape index (κ2) is 7.30. The molecule has 140 valence electrons. The van der Waals surface area contributed by atoms with E-state index < -0.39 is 40.5 Å². The Morgan fingerprint density at radius 2 is 2.04 bits per heavy atom. The Hall–Kier alpha value is -3.30. The number of rotatable bonds is 5. The van der Waals surface area contributed by atoms with Crippen molar-refractivity contribution in [1.82, 2.24) is 10.6 Å². The molecule has 1 aromatic rings. The average molecular weight is 365 g/mol. The smallest absolute Gasteiger partial charge is 0.338 e. The summed E-state index contributed by atoms with van der Waals surface area (Å²) in [5, 5.41) is 26.1. The maximum Gasteiger partial charge on any atom is 0.338 e. The first-order valence-corrected chi connectivity index (χ1v) is 7.70. The Morgan fingerprint density at radius 3 is 2.58 bits per heavy atom. The number of nitrogens with zero attached hydrogens (tertiary/aromatic N) is 1. The molecule has 1 aliphatic heterocycles. The van der Waals surface area contributed by atoms with Gasteiger partial charge in [0.1, 0.15) is 0 Å². The SMILES string of the molecule is COc1cc(C2NC(=O)NC(C)=C2C(=O)OC(C)C)cc([N+](=O)[O-])c1O. The van der Waals surface area contributed by atoms with Gasteiger partial charge in [0, 0.05) is 11.8 Å². The zero-order valence-electron chi connectivity index (χ0n) is 14.7. The molecule has 1 unspecified atom stereocenters. The number of methoxy groups -OCH3 is 1. The van der Waals surface area contributed by atoms with Crippen LogP contribution in [0.5, 0.6) is 11.5 Å².